The van der Waals surface area contributed by atoms with Crippen LogP contribution in [0.2, 0.25) is 0 Å². The quantitative estimate of drug-likeness (QED) is 0.384. The highest BCUT2D eigenvalue weighted by atomic mass is 32.2. The van der Waals surface area contributed by atoms with Crippen LogP contribution in [0.4, 0.5) is 0 Å². The molecule has 1 aromatic rings. The molecule has 28 heavy (non-hydrogen) atoms. The lowest BCUT2D eigenvalue weighted by Gasteiger charge is -2.23. The van der Waals surface area contributed by atoms with Crippen molar-refractivity contribution in [2.75, 3.05) is 6.54 Å². The highest BCUT2D eigenvalue weighted by Gasteiger charge is 2.26. The van der Waals surface area contributed by atoms with Crippen LogP contribution in [0, 0.1) is 5.41 Å². The van der Waals surface area contributed by atoms with Gasteiger partial charge in [-0.1, -0.05) is 86.1 Å². The maximum absolute atomic E-state index is 13.3. The van der Waals surface area contributed by atoms with Gasteiger partial charge in [0.15, 0.2) is 0 Å². The minimum atomic E-state index is -3.57. The van der Waals surface area contributed by atoms with Crippen molar-refractivity contribution in [3.8, 4) is 0 Å². The molecule has 0 heterocycles. The summed E-state index contributed by atoms with van der Waals surface area (Å²) in [6, 6.07) is 4.17. The normalized spacial score (nSPS) is 13.8. The standard InChI is InChI=1S/C24H41NO2S/c1-16(2)20-14-21(17(3)4)23(22(15-20)18(5)6)28(26,27)25-13-11-12-19(7)24(8,9)10/h12,14-18,25H,11,13H2,1-10H3/b19-12+. The molecule has 0 aliphatic carbocycles. The van der Waals surface area contributed by atoms with Crippen LogP contribution < -0.4 is 4.72 Å². The Morgan fingerprint density at radius 3 is 1.79 bits per heavy atom. The predicted molar refractivity (Wildman–Crippen MR) is 122 cm³/mol. The van der Waals surface area contributed by atoms with Crippen LogP contribution >= 0.6 is 0 Å². The SMILES string of the molecule is C/C(=C\CCNS(=O)(=O)c1c(C(C)C)cc(C(C)C)cc1C(C)C)C(C)(C)C. The van der Waals surface area contributed by atoms with Gasteiger partial charge in [0, 0.05) is 6.54 Å². The van der Waals surface area contributed by atoms with Gasteiger partial charge in [-0.15, -0.1) is 0 Å². The average molecular weight is 408 g/mol. The number of hydrogen-bond donors (Lipinski definition) is 1. The molecule has 0 aromatic heterocycles. The van der Waals surface area contributed by atoms with E-state index in [1.54, 1.807) is 0 Å². The van der Waals surface area contributed by atoms with Crippen LogP contribution in [0.5, 0.6) is 0 Å². The van der Waals surface area contributed by atoms with E-state index in [4.69, 9.17) is 0 Å². The average Bonchev–Trinajstić information content (AvgIpc) is 2.56. The van der Waals surface area contributed by atoms with Gasteiger partial charge in [-0.05, 0) is 53.2 Å². The van der Waals surface area contributed by atoms with E-state index < -0.39 is 10.0 Å². The van der Waals surface area contributed by atoms with Crippen LogP contribution in [-0.2, 0) is 10.0 Å². The minimum absolute atomic E-state index is 0.112. The lowest BCUT2D eigenvalue weighted by molar-refractivity contribution is 0.501. The molecule has 0 fully saturated rings. The second-order valence-corrected chi connectivity index (χ2v) is 11.5. The van der Waals surface area contributed by atoms with Gasteiger partial charge in [0.1, 0.15) is 0 Å². The van der Waals surface area contributed by atoms with Crippen molar-refractivity contribution in [3.63, 3.8) is 0 Å². The minimum Gasteiger partial charge on any atom is -0.211 e. The van der Waals surface area contributed by atoms with Gasteiger partial charge >= 0.3 is 0 Å². The number of sulfonamides is 1. The third-order valence-electron chi connectivity index (χ3n) is 5.42. The van der Waals surface area contributed by atoms with Crippen molar-refractivity contribution in [1.29, 1.82) is 0 Å². The number of benzene rings is 1. The first-order valence-electron chi connectivity index (χ1n) is 10.5. The van der Waals surface area contributed by atoms with Crippen molar-refractivity contribution in [2.45, 2.75) is 98.3 Å². The molecule has 0 bridgehead atoms. The third kappa shape index (κ3) is 6.45. The van der Waals surface area contributed by atoms with Crippen molar-refractivity contribution in [1.82, 2.24) is 4.72 Å². The molecule has 0 atom stereocenters. The van der Waals surface area contributed by atoms with E-state index in [0.717, 1.165) is 11.1 Å². The molecule has 1 N–H and O–H groups in total. The van der Waals surface area contributed by atoms with Gasteiger partial charge in [-0.3, -0.25) is 0 Å². The van der Waals surface area contributed by atoms with E-state index in [1.807, 2.05) is 0 Å². The summed E-state index contributed by atoms with van der Waals surface area (Å²) in [7, 11) is -3.57. The molecule has 0 saturated heterocycles. The maximum Gasteiger partial charge on any atom is 0.241 e. The van der Waals surface area contributed by atoms with Crippen molar-refractivity contribution >= 4 is 10.0 Å². The first-order valence-corrected chi connectivity index (χ1v) is 12.0. The summed E-state index contributed by atoms with van der Waals surface area (Å²) in [5, 5.41) is 0. The Kier molecular flexibility index (Phi) is 8.52. The van der Waals surface area contributed by atoms with Crippen molar-refractivity contribution < 1.29 is 8.42 Å². The number of rotatable bonds is 8. The third-order valence-corrected chi connectivity index (χ3v) is 7.01. The lowest BCUT2D eigenvalue weighted by Crippen LogP contribution is -2.27. The van der Waals surface area contributed by atoms with Gasteiger partial charge in [0.2, 0.25) is 10.0 Å². The smallest absolute Gasteiger partial charge is 0.211 e. The second-order valence-electron chi connectivity index (χ2n) is 9.82. The van der Waals surface area contributed by atoms with Gasteiger partial charge in [-0.2, -0.15) is 0 Å². The molecule has 0 unspecified atom stereocenters. The molecule has 3 nitrogen and oxygen atoms in total. The topological polar surface area (TPSA) is 46.2 Å². The lowest BCUT2D eigenvalue weighted by atomic mass is 9.87. The number of hydrogen-bond acceptors (Lipinski definition) is 2. The van der Waals surface area contributed by atoms with Gasteiger partial charge < -0.3 is 0 Å². The van der Waals surface area contributed by atoms with Gasteiger partial charge in [-0.25, -0.2) is 13.1 Å². The molecule has 0 saturated carbocycles. The van der Waals surface area contributed by atoms with E-state index in [9.17, 15) is 8.42 Å². The fraction of sp³-hybridized carbons (Fsp3) is 0.667. The summed E-state index contributed by atoms with van der Waals surface area (Å²) in [4.78, 5) is 0.485. The second kappa shape index (κ2) is 9.58. The first kappa shape index (κ1) is 24.9. The number of allylic oxidation sites excluding steroid dienone is 1. The molecular formula is C24H41NO2S. The summed E-state index contributed by atoms with van der Waals surface area (Å²) < 4.78 is 29.4. The molecule has 1 rings (SSSR count). The van der Waals surface area contributed by atoms with Crippen LogP contribution in [-0.4, -0.2) is 15.0 Å². The first-order chi connectivity index (χ1) is 12.7. The highest BCUT2D eigenvalue weighted by molar-refractivity contribution is 7.89. The summed E-state index contributed by atoms with van der Waals surface area (Å²) in [5.41, 5.74) is 4.43. The van der Waals surface area contributed by atoms with E-state index in [-0.39, 0.29) is 17.3 Å². The Balaban J connectivity index is 3.28. The Bertz CT molecular complexity index is 765. The predicted octanol–water partition coefficient (Wildman–Crippen LogP) is 6.72. The van der Waals surface area contributed by atoms with E-state index >= 15 is 0 Å². The zero-order valence-electron chi connectivity index (χ0n) is 19.6. The molecule has 4 heteroatoms. The summed E-state index contributed by atoms with van der Waals surface area (Å²) in [5.74, 6) is 0.654. The van der Waals surface area contributed by atoms with Crippen molar-refractivity contribution in [3.05, 3.63) is 40.5 Å². The summed E-state index contributed by atoms with van der Waals surface area (Å²) >= 11 is 0. The van der Waals surface area contributed by atoms with Crippen LogP contribution in [0.15, 0.2) is 28.7 Å². The molecule has 160 valence electrons. The van der Waals surface area contributed by atoms with E-state index in [0.29, 0.717) is 23.8 Å². The molecule has 0 aliphatic heterocycles. The van der Waals surface area contributed by atoms with Crippen LogP contribution in [0.1, 0.15) is 110 Å². The van der Waals surface area contributed by atoms with Crippen LogP contribution in [0.25, 0.3) is 0 Å². The molecule has 1 aromatic carbocycles. The zero-order valence-corrected chi connectivity index (χ0v) is 20.4. The highest BCUT2D eigenvalue weighted by Crippen LogP contribution is 2.35. The molecule has 0 radical (unpaired) electrons. The van der Waals surface area contributed by atoms with Gasteiger partial charge in [0.25, 0.3) is 0 Å². The molecule has 0 amide bonds. The molecule has 0 aliphatic rings. The van der Waals surface area contributed by atoms with E-state index in [2.05, 4.69) is 92.2 Å². The van der Waals surface area contributed by atoms with Gasteiger partial charge in [0.05, 0.1) is 4.90 Å². The Labute approximate surface area is 174 Å². The number of nitrogens with one attached hydrogen (secondary N) is 1. The fourth-order valence-electron chi connectivity index (χ4n) is 3.06. The monoisotopic (exact) mass is 407 g/mol. The molecular weight excluding hydrogens is 366 g/mol. The summed E-state index contributed by atoms with van der Waals surface area (Å²) in [6.45, 7) is 21.6. The Hall–Kier alpha value is -1.13. The molecule has 0 spiro atoms. The Morgan fingerprint density at radius 2 is 1.43 bits per heavy atom. The zero-order chi connectivity index (χ0) is 21.9. The van der Waals surface area contributed by atoms with Crippen molar-refractivity contribution in [2.24, 2.45) is 5.41 Å². The maximum atomic E-state index is 13.3. The largest absolute Gasteiger partial charge is 0.241 e. The fourth-order valence-corrected chi connectivity index (χ4v) is 4.80. The van der Waals surface area contributed by atoms with Crippen LogP contribution in [0.3, 0.4) is 0 Å². The Morgan fingerprint density at radius 1 is 0.964 bits per heavy atom. The summed E-state index contributed by atoms with van der Waals surface area (Å²) in [6.07, 6.45) is 2.83. The van der Waals surface area contributed by atoms with E-state index in [1.165, 1.54) is 11.1 Å².